The van der Waals surface area contributed by atoms with Crippen LogP contribution in [0.2, 0.25) is 0 Å². The molecule has 0 atom stereocenters. The third-order valence-electron chi connectivity index (χ3n) is 4.23. The summed E-state index contributed by atoms with van der Waals surface area (Å²) in [5, 5.41) is 0.896. The fourth-order valence-electron chi connectivity index (χ4n) is 2.92. The van der Waals surface area contributed by atoms with Crippen molar-refractivity contribution in [1.29, 1.82) is 0 Å². The molecule has 1 aromatic carbocycles. The maximum absolute atomic E-state index is 12.6. The first-order chi connectivity index (χ1) is 10.1. The Kier molecular flexibility index (Phi) is 3.84. The lowest BCUT2D eigenvalue weighted by Gasteiger charge is -2.21. The number of carbonyl (C=O) groups is 1. The van der Waals surface area contributed by atoms with Gasteiger partial charge in [-0.2, -0.15) is 0 Å². The highest BCUT2D eigenvalue weighted by atomic mass is 16.2. The van der Waals surface area contributed by atoms with E-state index in [1.165, 1.54) is 12.8 Å². The van der Waals surface area contributed by atoms with E-state index in [9.17, 15) is 4.79 Å². The normalized spacial score (nSPS) is 15.7. The Labute approximate surface area is 124 Å². The first-order valence-corrected chi connectivity index (χ1v) is 7.49. The van der Waals surface area contributed by atoms with Gasteiger partial charge in [0.05, 0.1) is 5.56 Å². The van der Waals surface area contributed by atoms with Crippen LogP contribution in [-0.2, 0) is 0 Å². The molecule has 21 heavy (non-hydrogen) atoms. The highest BCUT2D eigenvalue weighted by Crippen LogP contribution is 2.22. The van der Waals surface area contributed by atoms with Crippen LogP contribution in [0.5, 0.6) is 0 Å². The van der Waals surface area contributed by atoms with Crippen LogP contribution in [0, 0.1) is 0 Å². The zero-order chi connectivity index (χ0) is 14.8. The first-order valence-electron chi connectivity index (χ1n) is 7.49. The van der Waals surface area contributed by atoms with E-state index in [-0.39, 0.29) is 5.91 Å². The largest absolute Gasteiger partial charge is 0.399 e. The number of benzene rings is 1. The summed E-state index contributed by atoms with van der Waals surface area (Å²) >= 11 is 0. The number of anilines is 1. The van der Waals surface area contributed by atoms with Gasteiger partial charge in [0.2, 0.25) is 0 Å². The molecular weight excluding hydrogens is 264 g/mol. The van der Waals surface area contributed by atoms with Crippen molar-refractivity contribution in [1.82, 2.24) is 14.8 Å². The van der Waals surface area contributed by atoms with Crippen molar-refractivity contribution in [3.63, 3.8) is 0 Å². The Balaban J connectivity index is 1.71. The van der Waals surface area contributed by atoms with E-state index in [1.807, 2.05) is 25.2 Å². The van der Waals surface area contributed by atoms with E-state index in [0.717, 1.165) is 37.1 Å². The van der Waals surface area contributed by atoms with Crippen molar-refractivity contribution in [2.24, 2.45) is 0 Å². The number of nitrogens with one attached hydrogen (secondary N) is 1. The second-order valence-electron chi connectivity index (χ2n) is 5.78. The molecule has 2 aromatic rings. The van der Waals surface area contributed by atoms with Crippen molar-refractivity contribution in [3.05, 3.63) is 30.0 Å². The average molecular weight is 286 g/mol. The molecule has 1 fully saturated rings. The molecular formula is C16H22N4O. The highest BCUT2D eigenvalue weighted by Gasteiger charge is 2.18. The molecule has 2 heterocycles. The molecule has 3 rings (SSSR count). The Morgan fingerprint density at radius 1 is 1.38 bits per heavy atom. The Morgan fingerprint density at radius 3 is 2.90 bits per heavy atom. The summed E-state index contributed by atoms with van der Waals surface area (Å²) in [7, 11) is 1.86. The second kappa shape index (κ2) is 5.77. The molecule has 1 amide bonds. The zero-order valence-electron chi connectivity index (χ0n) is 12.4. The van der Waals surface area contributed by atoms with E-state index in [0.29, 0.717) is 11.3 Å². The number of nitrogens with zero attached hydrogens (tertiary/aromatic N) is 2. The van der Waals surface area contributed by atoms with Crippen LogP contribution in [0.4, 0.5) is 5.69 Å². The third kappa shape index (κ3) is 2.88. The van der Waals surface area contributed by atoms with Crippen LogP contribution in [0.3, 0.4) is 0 Å². The molecule has 0 spiro atoms. The monoisotopic (exact) mass is 286 g/mol. The number of carbonyl (C=O) groups excluding carboxylic acids is 1. The number of aromatic nitrogens is 1. The topological polar surface area (TPSA) is 65.4 Å². The van der Waals surface area contributed by atoms with Crippen molar-refractivity contribution in [2.45, 2.75) is 12.8 Å². The van der Waals surface area contributed by atoms with Gasteiger partial charge in [-0.3, -0.25) is 4.79 Å². The predicted molar refractivity (Wildman–Crippen MR) is 85.3 cm³/mol. The van der Waals surface area contributed by atoms with Crippen molar-refractivity contribution >= 4 is 22.5 Å². The molecule has 1 saturated heterocycles. The molecule has 1 aromatic heterocycles. The number of amides is 1. The fourth-order valence-corrected chi connectivity index (χ4v) is 2.92. The van der Waals surface area contributed by atoms with Crippen LogP contribution >= 0.6 is 0 Å². The molecule has 0 radical (unpaired) electrons. The average Bonchev–Trinajstić information content (AvgIpc) is 3.12. The van der Waals surface area contributed by atoms with Crippen LogP contribution in [0.15, 0.2) is 24.4 Å². The molecule has 112 valence electrons. The standard InChI is InChI=1S/C16H22N4O/c1-19(8-9-20-6-2-3-7-20)16(21)14-11-18-15-5-4-12(17)10-13(14)15/h4-5,10-11,18H,2-3,6-9,17H2,1H3. The second-order valence-corrected chi connectivity index (χ2v) is 5.78. The molecule has 5 nitrogen and oxygen atoms in total. The molecule has 3 N–H and O–H groups in total. The van der Waals surface area contributed by atoms with Crippen molar-refractivity contribution in [2.75, 3.05) is 39.0 Å². The lowest BCUT2D eigenvalue weighted by Crippen LogP contribution is -2.35. The van der Waals surface area contributed by atoms with Crippen LogP contribution in [-0.4, -0.2) is 53.9 Å². The van der Waals surface area contributed by atoms with E-state index < -0.39 is 0 Å². The molecule has 0 bridgehead atoms. The number of aromatic amines is 1. The summed E-state index contributed by atoms with van der Waals surface area (Å²) < 4.78 is 0. The van der Waals surface area contributed by atoms with Crippen molar-refractivity contribution < 1.29 is 4.79 Å². The quantitative estimate of drug-likeness (QED) is 0.844. The minimum Gasteiger partial charge on any atom is -0.399 e. The summed E-state index contributed by atoms with van der Waals surface area (Å²) in [6, 6.07) is 5.60. The summed E-state index contributed by atoms with van der Waals surface area (Å²) in [6.45, 7) is 4.03. The van der Waals surface area contributed by atoms with E-state index >= 15 is 0 Å². The summed E-state index contributed by atoms with van der Waals surface area (Å²) in [5.41, 5.74) is 8.14. The number of likely N-dealkylation sites (tertiary alicyclic amines) is 1. The Morgan fingerprint density at radius 2 is 2.14 bits per heavy atom. The van der Waals surface area contributed by atoms with Gasteiger partial charge >= 0.3 is 0 Å². The van der Waals surface area contributed by atoms with E-state index in [1.54, 1.807) is 11.1 Å². The van der Waals surface area contributed by atoms with Gasteiger partial charge < -0.3 is 20.5 Å². The minimum atomic E-state index is 0.0473. The van der Waals surface area contributed by atoms with Gasteiger partial charge in [-0.1, -0.05) is 0 Å². The maximum atomic E-state index is 12.6. The van der Waals surface area contributed by atoms with Gasteiger partial charge in [-0.25, -0.2) is 0 Å². The van der Waals surface area contributed by atoms with Gasteiger partial charge in [-0.15, -0.1) is 0 Å². The molecule has 5 heteroatoms. The number of nitrogens with two attached hydrogens (primary N) is 1. The van der Waals surface area contributed by atoms with E-state index in [4.69, 9.17) is 5.73 Å². The number of nitrogen functional groups attached to an aromatic ring is 1. The SMILES string of the molecule is CN(CCN1CCCC1)C(=O)c1c[nH]c2ccc(N)cc12. The summed E-state index contributed by atoms with van der Waals surface area (Å²) in [5.74, 6) is 0.0473. The molecule has 1 aliphatic heterocycles. The van der Waals surface area contributed by atoms with Crippen molar-refractivity contribution in [3.8, 4) is 0 Å². The van der Waals surface area contributed by atoms with Gasteiger partial charge in [-0.05, 0) is 44.1 Å². The van der Waals surface area contributed by atoms with Gasteiger partial charge in [0.15, 0.2) is 0 Å². The Bertz CT molecular complexity index is 643. The van der Waals surface area contributed by atoms with Gasteiger partial charge in [0.25, 0.3) is 5.91 Å². The number of likely N-dealkylation sites (N-methyl/N-ethyl adjacent to an activating group) is 1. The number of hydrogen-bond donors (Lipinski definition) is 2. The summed E-state index contributed by atoms with van der Waals surface area (Å²) in [4.78, 5) is 19.9. The smallest absolute Gasteiger partial charge is 0.255 e. The third-order valence-corrected chi connectivity index (χ3v) is 4.23. The number of fused-ring (bicyclic) bond motifs is 1. The van der Waals surface area contributed by atoms with E-state index in [2.05, 4.69) is 9.88 Å². The van der Waals surface area contributed by atoms with Crippen LogP contribution < -0.4 is 5.73 Å². The Hall–Kier alpha value is -2.01. The van der Waals surface area contributed by atoms with Crippen LogP contribution in [0.1, 0.15) is 23.2 Å². The summed E-state index contributed by atoms with van der Waals surface area (Å²) in [6.07, 6.45) is 4.33. The molecule has 0 unspecified atom stereocenters. The van der Waals surface area contributed by atoms with Crippen LogP contribution in [0.25, 0.3) is 10.9 Å². The van der Waals surface area contributed by atoms with Gasteiger partial charge in [0.1, 0.15) is 0 Å². The van der Waals surface area contributed by atoms with Gasteiger partial charge in [0, 0.05) is 42.9 Å². The minimum absolute atomic E-state index is 0.0473. The highest BCUT2D eigenvalue weighted by molar-refractivity contribution is 6.07. The number of rotatable bonds is 4. The molecule has 0 aliphatic carbocycles. The lowest BCUT2D eigenvalue weighted by atomic mass is 10.1. The fraction of sp³-hybridized carbons (Fsp3) is 0.438. The molecule has 0 saturated carbocycles. The molecule has 1 aliphatic rings. The first kappa shape index (κ1) is 13.9. The predicted octanol–water partition coefficient (Wildman–Crippen LogP) is 1.92. The number of H-pyrrole nitrogens is 1. The lowest BCUT2D eigenvalue weighted by molar-refractivity contribution is 0.0784. The maximum Gasteiger partial charge on any atom is 0.255 e. The number of hydrogen-bond acceptors (Lipinski definition) is 3. The zero-order valence-corrected chi connectivity index (χ0v) is 12.4.